The van der Waals surface area contributed by atoms with Crippen LogP contribution in [0.15, 0.2) is 326 Å². The maximum absolute atomic E-state index is 6.83. The van der Waals surface area contributed by atoms with Gasteiger partial charge in [0.2, 0.25) is 0 Å². The van der Waals surface area contributed by atoms with Gasteiger partial charge in [0.1, 0.15) is 11.2 Å². The van der Waals surface area contributed by atoms with E-state index in [0.29, 0.717) is 23.3 Å². The summed E-state index contributed by atoms with van der Waals surface area (Å²) in [6, 6.07) is 113. The highest BCUT2D eigenvalue weighted by atomic mass is 16.3. The molecule has 0 fully saturated rings. The van der Waals surface area contributed by atoms with E-state index in [1.807, 2.05) is 66.7 Å². The first-order chi connectivity index (χ1) is 47.1. The number of para-hydroxylation sites is 6. The van der Waals surface area contributed by atoms with Crippen molar-refractivity contribution in [3.8, 4) is 84.9 Å². The predicted molar refractivity (Wildman–Crippen MR) is 389 cm³/mol. The summed E-state index contributed by atoms with van der Waals surface area (Å²) in [5.74, 6) is 2.20. The van der Waals surface area contributed by atoms with Crippen molar-refractivity contribution in [3.63, 3.8) is 0 Å². The quantitative estimate of drug-likeness (QED) is 0.125. The Morgan fingerprint density at radius 3 is 1.46 bits per heavy atom. The molecule has 17 aromatic rings. The third-order valence-corrected chi connectivity index (χ3v) is 18.9. The number of rotatable bonds is 10. The smallest absolute Gasteiger partial charge is 0.252 e. The van der Waals surface area contributed by atoms with Gasteiger partial charge in [-0.15, -0.1) is 0 Å². The van der Waals surface area contributed by atoms with Gasteiger partial charge >= 0.3 is 0 Å². The van der Waals surface area contributed by atoms with Crippen LogP contribution in [-0.2, 0) is 0 Å². The molecule has 2 aliphatic rings. The molecule has 0 aliphatic carbocycles. The summed E-state index contributed by atoms with van der Waals surface area (Å²) in [7, 11) is 0. The normalized spacial score (nSPS) is 12.4. The second kappa shape index (κ2) is 22.0. The van der Waals surface area contributed by atoms with E-state index in [1.54, 1.807) is 0 Å². The molecule has 95 heavy (non-hydrogen) atoms. The molecule has 0 saturated heterocycles. The number of furan rings is 1. The van der Waals surface area contributed by atoms with Gasteiger partial charge in [-0.3, -0.25) is 0 Å². The van der Waals surface area contributed by atoms with Gasteiger partial charge in [0.15, 0.2) is 23.3 Å². The summed E-state index contributed by atoms with van der Waals surface area (Å²) in [4.78, 5) is 32.0. The molecule has 6 heterocycles. The lowest BCUT2D eigenvalue weighted by molar-refractivity contribution is 0.673. The molecular formula is C85H53BN8O. The van der Waals surface area contributed by atoms with E-state index in [-0.39, 0.29) is 6.71 Å². The topological polar surface area (TPSA) is 89.0 Å². The van der Waals surface area contributed by atoms with E-state index in [4.69, 9.17) is 29.3 Å². The van der Waals surface area contributed by atoms with E-state index < -0.39 is 0 Å². The van der Waals surface area contributed by atoms with Crippen LogP contribution in [0.1, 0.15) is 0 Å². The molecule has 19 rings (SSSR count). The standard InChI is InChI=1S/C85H53BN8O/c1-6-24-55(25-7-1)69-53-70(88-82(87-69)56-26-8-2-9-27-56)59-46-49-72(94-71-38-20-16-35-65(71)78-75(94)50-48-64-63-34-17-23-41-77(63)95-81(64)78)66(52-59)85-90-83(57-28-10-3-11-29-57)89-84(91-85)58-44-42-54(43-45-58)62-47-51-76-79-80(62)93(61-32-14-5-15-33-61)74-40-22-19-37-68(74)86(79)67-36-18-21-39-73(67)92(76)60-30-12-4-13-31-60/h1-53H. The lowest BCUT2D eigenvalue weighted by Crippen LogP contribution is -2.61. The molecule has 0 atom stereocenters. The molecule has 0 N–H and O–H groups in total. The van der Waals surface area contributed by atoms with Gasteiger partial charge in [-0.25, -0.2) is 24.9 Å². The molecular weight excluding hydrogens is 1160 g/mol. The molecule has 10 heteroatoms. The summed E-state index contributed by atoms with van der Waals surface area (Å²) in [6.45, 7) is -0.0325. The van der Waals surface area contributed by atoms with Gasteiger partial charge < -0.3 is 18.8 Å². The van der Waals surface area contributed by atoms with Crippen molar-refractivity contribution in [1.29, 1.82) is 0 Å². The van der Waals surface area contributed by atoms with Gasteiger partial charge in [-0.2, -0.15) is 0 Å². The highest BCUT2D eigenvalue weighted by Crippen LogP contribution is 2.49. The average molecular weight is 1210 g/mol. The van der Waals surface area contributed by atoms with Gasteiger partial charge in [-0.1, -0.05) is 237 Å². The minimum absolute atomic E-state index is 0.0325. The molecule has 4 aromatic heterocycles. The number of hydrogen-bond acceptors (Lipinski definition) is 8. The molecule has 0 amide bonds. The highest BCUT2D eigenvalue weighted by molar-refractivity contribution is 7.00. The fourth-order valence-electron chi connectivity index (χ4n) is 14.6. The Morgan fingerprint density at radius 1 is 0.295 bits per heavy atom. The van der Waals surface area contributed by atoms with E-state index >= 15 is 0 Å². The molecule has 2 aliphatic heterocycles. The summed E-state index contributed by atoms with van der Waals surface area (Å²) in [5.41, 5.74) is 24.1. The van der Waals surface area contributed by atoms with Crippen LogP contribution in [0.25, 0.3) is 129 Å². The molecule has 0 unspecified atom stereocenters. The largest absolute Gasteiger partial charge is 0.455 e. The van der Waals surface area contributed by atoms with Crippen molar-refractivity contribution in [2.24, 2.45) is 0 Å². The van der Waals surface area contributed by atoms with Crippen molar-refractivity contribution in [2.45, 2.75) is 0 Å². The van der Waals surface area contributed by atoms with E-state index in [1.165, 1.54) is 22.1 Å². The summed E-state index contributed by atoms with van der Waals surface area (Å²) in [6.07, 6.45) is 0. The van der Waals surface area contributed by atoms with Gasteiger partial charge in [-0.05, 0) is 107 Å². The fourth-order valence-corrected chi connectivity index (χ4v) is 14.6. The van der Waals surface area contributed by atoms with Crippen molar-refractivity contribution in [3.05, 3.63) is 322 Å². The zero-order chi connectivity index (χ0) is 62.5. The lowest BCUT2D eigenvalue weighted by Gasteiger charge is -2.45. The second-order valence-corrected chi connectivity index (χ2v) is 24.2. The van der Waals surface area contributed by atoms with Crippen molar-refractivity contribution < 1.29 is 4.42 Å². The first kappa shape index (κ1) is 54.0. The average Bonchev–Trinajstić information content (AvgIpc) is 1.72. The predicted octanol–water partition coefficient (Wildman–Crippen LogP) is 19.4. The first-order valence-corrected chi connectivity index (χ1v) is 32.1. The Balaban J connectivity index is 0.826. The Bertz CT molecular complexity index is 5790. The SMILES string of the molecule is c1ccc(-c2cc(-c3ccc(-n4c5ccccc5c5c6oc7ccccc7c6ccc54)c(-c4nc(-c5ccccc5)nc(-c5ccc(-c6ccc7c8c6N(c6ccccc6)c6ccccc6B8c6ccccc6N7c6ccccc6)cc5)n4)c3)nc(-c3ccccc3)n2)cc1. The minimum Gasteiger partial charge on any atom is -0.455 e. The van der Waals surface area contributed by atoms with Crippen LogP contribution in [0.2, 0.25) is 0 Å². The molecule has 0 radical (unpaired) electrons. The summed E-state index contributed by atoms with van der Waals surface area (Å²) >= 11 is 0. The molecule has 13 aromatic carbocycles. The zero-order valence-corrected chi connectivity index (χ0v) is 51.2. The summed E-state index contributed by atoms with van der Waals surface area (Å²) < 4.78 is 9.17. The first-order valence-electron chi connectivity index (χ1n) is 32.1. The van der Waals surface area contributed by atoms with Crippen molar-refractivity contribution in [1.82, 2.24) is 29.5 Å². The maximum Gasteiger partial charge on any atom is 0.252 e. The number of benzene rings is 13. The Labute approximate surface area is 547 Å². The van der Waals surface area contributed by atoms with E-state index in [2.05, 4.69) is 269 Å². The molecule has 9 nitrogen and oxygen atoms in total. The van der Waals surface area contributed by atoms with Crippen LogP contribution in [0.4, 0.5) is 34.1 Å². The van der Waals surface area contributed by atoms with E-state index in [9.17, 15) is 0 Å². The Hall–Kier alpha value is -12.8. The number of anilines is 6. The van der Waals surface area contributed by atoms with Gasteiger partial charge in [0.25, 0.3) is 6.71 Å². The third kappa shape index (κ3) is 8.83. The van der Waals surface area contributed by atoms with Crippen molar-refractivity contribution in [2.75, 3.05) is 9.80 Å². The molecule has 442 valence electrons. The zero-order valence-electron chi connectivity index (χ0n) is 51.2. The fraction of sp³-hybridized carbons (Fsp3) is 0. The van der Waals surface area contributed by atoms with Crippen LogP contribution < -0.4 is 26.2 Å². The third-order valence-electron chi connectivity index (χ3n) is 18.9. The van der Waals surface area contributed by atoms with Gasteiger partial charge in [0.05, 0.1) is 39.2 Å². The number of fused-ring (bicyclic) bond motifs is 11. The maximum atomic E-state index is 6.83. The number of aromatic nitrogens is 6. The Morgan fingerprint density at radius 2 is 0.789 bits per heavy atom. The highest BCUT2D eigenvalue weighted by Gasteiger charge is 2.44. The molecule has 0 spiro atoms. The van der Waals surface area contributed by atoms with Crippen LogP contribution in [-0.4, -0.2) is 36.2 Å². The monoisotopic (exact) mass is 1210 g/mol. The number of hydrogen-bond donors (Lipinski definition) is 0. The molecule has 0 saturated carbocycles. The minimum atomic E-state index is -0.0325. The van der Waals surface area contributed by atoms with Crippen LogP contribution in [0.5, 0.6) is 0 Å². The molecule has 0 bridgehead atoms. The van der Waals surface area contributed by atoms with Crippen LogP contribution >= 0.6 is 0 Å². The van der Waals surface area contributed by atoms with Gasteiger partial charge in [0, 0.05) is 83.5 Å². The van der Waals surface area contributed by atoms with E-state index in [0.717, 1.165) is 134 Å². The lowest BCUT2D eigenvalue weighted by atomic mass is 9.33. The van der Waals surface area contributed by atoms with Crippen molar-refractivity contribution >= 4 is 101 Å². The van der Waals surface area contributed by atoms with Crippen LogP contribution in [0, 0.1) is 0 Å². The summed E-state index contributed by atoms with van der Waals surface area (Å²) in [5, 5.41) is 4.23. The van der Waals surface area contributed by atoms with Crippen LogP contribution in [0.3, 0.4) is 0 Å². The Kier molecular flexibility index (Phi) is 12.5. The number of nitrogens with zero attached hydrogens (tertiary/aromatic N) is 8. The second-order valence-electron chi connectivity index (χ2n) is 24.2.